The first kappa shape index (κ1) is 23.2. The topological polar surface area (TPSA) is 84.5 Å². The number of amides is 1. The predicted octanol–water partition coefficient (Wildman–Crippen LogP) is 5.85. The van der Waals surface area contributed by atoms with E-state index in [4.69, 9.17) is 39.5 Å². The van der Waals surface area contributed by atoms with Crippen molar-refractivity contribution in [3.63, 3.8) is 0 Å². The number of hydrogen-bond acceptors (Lipinski definition) is 4. The lowest BCUT2D eigenvalue weighted by Gasteiger charge is -2.15. The lowest BCUT2D eigenvalue weighted by atomic mass is 10.3. The number of halogens is 3. The maximum atomic E-state index is 12.6. The molecule has 0 bridgehead atoms. The summed E-state index contributed by atoms with van der Waals surface area (Å²) in [6, 6.07) is 16.7. The van der Waals surface area contributed by atoms with Crippen molar-refractivity contribution in [2.45, 2.75) is 17.9 Å². The van der Waals surface area contributed by atoms with E-state index in [0.29, 0.717) is 26.5 Å². The molecule has 3 aromatic carbocycles. The molecule has 1 atom stereocenters. The van der Waals surface area contributed by atoms with Gasteiger partial charge in [-0.2, -0.15) is 0 Å². The number of carbonyl (C=O) groups excluding carboxylic acids is 1. The molecule has 2 N–H and O–H groups in total. The van der Waals surface area contributed by atoms with Crippen molar-refractivity contribution in [3.05, 3.63) is 81.8 Å². The van der Waals surface area contributed by atoms with Crippen LogP contribution in [-0.4, -0.2) is 20.4 Å². The molecule has 6 nitrogen and oxygen atoms in total. The van der Waals surface area contributed by atoms with Gasteiger partial charge in [-0.15, -0.1) is 0 Å². The van der Waals surface area contributed by atoms with Crippen LogP contribution in [0.4, 0.5) is 11.4 Å². The summed E-state index contributed by atoms with van der Waals surface area (Å²) in [5.41, 5.74) is 0.657. The second-order valence-corrected chi connectivity index (χ2v) is 9.48. The van der Waals surface area contributed by atoms with Crippen LogP contribution in [-0.2, 0) is 14.8 Å². The quantitative estimate of drug-likeness (QED) is 0.427. The van der Waals surface area contributed by atoms with Crippen molar-refractivity contribution >= 4 is 62.1 Å². The van der Waals surface area contributed by atoms with Crippen molar-refractivity contribution in [3.8, 4) is 5.75 Å². The smallest absolute Gasteiger partial charge is 0.265 e. The molecule has 0 heterocycles. The highest BCUT2D eigenvalue weighted by Gasteiger charge is 2.17. The minimum absolute atomic E-state index is 0.00654. The first-order valence-electron chi connectivity index (χ1n) is 8.94. The molecule has 3 aromatic rings. The second kappa shape index (κ2) is 9.78. The average Bonchev–Trinajstić information content (AvgIpc) is 2.69. The molecule has 31 heavy (non-hydrogen) atoms. The number of ether oxygens (including phenoxy) is 1. The fourth-order valence-electron chi connectivity index (χ4n) is 2.56. The molecular weight excluding hydrogens is 483 g/mol. The number of benzene rings is 3. The highest BCUT2D eigenvalue weighted by Crippen LogP contribution is 2.25. The van der Waals surface area contributed by atoms with Gasteiger partial charge >= 0.3 is 0 Å². The Balaban J connectivity index is 1.64. The number of carbonyl (C=O) groups is 1. The van der Waals surface area contributed by atoms with Crippen molar-refractivity contribution in [1.29, 1.82) is 0 Å². The minimum Gasteiger partial charge on any atom is -0.481 e. The second-order valence-electron chi connectivity index (χ2n) is 6.49. The first-order chi connectivity index (χ1) is 14.6. The van der Waals surface area contributed by atoms with Gasteiger partial charge in [0.2, 0.25) is 0 Å². The lowest BCUT2D eigenvalue weighted by molar-refractivity contribution is -0.122. The predicted molar refractivity (Wildman–Crippen MR) is 124 cm³/mol. The fourth-order valence-corrected chi connectivity index (χ4v) is 4.25. The van der Waals surface area contributed by atoms with Gasteiger partial charge in [0.1, 0.15) is 5.75 Å². The number of anilines is 2. The summed E-state index contributed by atoms with van der Waals surface area (Å²) in [5, 5.41) is 3.85. The standard InChI is InChI=1S/C21H17Cl3N2O4S/c1-13(30-19-6-2-14(22)3-7-19)21(27)25-17-4-8-20(9-5-17)31(28,29)26-18-11-15(23)10-16(24)12-18/h2-13,26H,1H3,(H,25,27)/t13-/m0/s1. The molecule has 0 aliphatic heterocycles. The Hall–Kier alpha value is -2.45. The van der Waals surface area contributed by atoms with Crippen molar-refractivity contribution in [2.24, 2.45) is 0 Å². The molecule has 0 unspecified atom stereocenters. The van der Waals surface area contributed by atoms with Crippen LogP contribution in [0, 0.1) is 0 Å². The maximum Gasteiger partial charge on any atom is 0.265 e. The van der Waals surface area contributed by atoms with Gasteiger partial charge in [0, 0.05) is 20.8 Å². The molecule has 162 valence electrons. The van der Waals surface area contributed by atoms with Crippen LogP contribution >= 0.6 is 34.8 Å². The molecule has 0 aliphatic carbocycles. The molecule has 0 saturated heterocycles. The molecule has 10 heteroatoms. The van der Waals surface area contributed by atoms with E-state index in [0.717, 1.165) is 0 Å². The molecule has 0 aromatic heterocycles. The molecular formula is C21H17Cl3N2O4S. The van der Waals surface area contributed by atoms with E-state index >= 15 is 0 Å². The normalized spacial score (nSPS) is 12.1. The summed E-state index contributed by atoms with van der Waals surface area (Å²) >= 11 is 17.6. The third kappa shape index (κ3) is 6.51. The lowest BCUT2D eigenvalue weighted by Crippen LogP contribution is -2.30. The van der Waals surface area contributed by atoms with Gasteiger partial charge in [0.25, 0.3) is 15.9 Å². The van der Waals surface area contributed by atoms with Gasteiger partial charge in [-0.3, -0.25) is 9.52 Å². The Bertz CT molecular complexity index is 1160. The zero-order valence-corrected chi connectivity index (χ0v) is 19.2. The highest BCUT2D eigenvalue weighted by atomic mass is 35.5. The SMILES string of the molecule is C[C@H](Oc1ccc(Cl)cc1)C(=O)Nc1ccc(S(=O)(=O)Nc2cc(Cl)cc(Cl)c2)cc1. The summed E-state index contributed by atoms with van der Waals surface area (Å²) < 4.78 is 33.1. The summed E-state index contributed by atoms with van der Waals surface area (Å²) in [6.07, 6.45) is -0.779. The van der Waals surface area contributed by atoms with Crippen LogP contribution in [0.5, 0.6) is 5.75 Å². The highest BCUT2D eigenvalue weighted by molar-refractivity contribution is 7.92. The minimum atomic E-state index is -3.87. The molecule has 0 saturated carbocycles. The molecule has 1 amide bonds. The largest absolute Gasteiger partial charge is 0.481 e. The number of nitrogens with one attached hydrogen (secondary N) is 2. The Labute approximate surface area is 195 Å². The van der Waals surface area contributed by atoms with E-state index < -0.39 is 22.0 Å². The van der Waals surface area contributed by atoms with Gasteiger partial charge in [-0.25, -0.2) is 8.42 Å². The average molecular weight is 500 g/mol. The van der Waals surface area contributed by atoms with Gasteiger partial charge in [-0.05, 0) is 73.7 Å². The monoisotopic (exact) mass is 498 g/mol. The molecule has 0 radical (unpaired) electrons. The van der Waals surface area contributed by atoms with Crippen molar-refractivity contribution < 1.29 is 17.9 Å². The molecule has 0 spiro atoms. The molecule has 0 fully saturated rings. The van der Waals surface area contributed by atoms with E-state index in [1.54, 1.807) is 31.2 Å². The van der Waals surface area contributed by atoms with E-state index in [-0.39, 0.29) is 10.6 Å². The zero-order chi connectivity index (χ0) is 22.6. The number of rotatable bonds is 7. The van der Waals surface area contributed by atoms with E-state index in [2.05, 4.69) is 10.0 Å². The van der Waals surface area contributed by atoms with Crippen LogP contribution < -0.4 is 14.8 Å². The van der Waals surface area contributed by atoms with Crippen LogP contribution in [0.15, 0.2) is 71.6 Å². The summed E-state index contributed by atoms with van der Waals surface area (Å²) in [5.74, 6) is 0.109. The Morgan fingerprint density at radius 2 is 1.42 bits per heavy atom. The maximum absolute atomic E-state index is 12.6. The number of sulfonamides is 1. The van der Waals surface area contributed by atoms with Gasteiger partial charge < -0.3 is 10.1 Å². The third-order valence-electron chi connectivity index (χ3n) is 4.04. The Morgan fingerprint density at radius 1 is 0.839 bits per heavy atom. The molecule has 3 rings (SSSR count). The summed E-state index contributed by atoms with van der Waals surface area (Å²) in [6.45, 7) is 1.60. The fraction of sp³-hybridized carbons (Fsp3) is 0.0952. The van der Waals surface area contributed by atoms with Crippen LogP contribution in [0.25, 0.3) is 0 Å². The number of hydrogen-bond donors (Lipinski definition) is 2. The van der Waals surface area contributed by atoms with Crippen molar-refractivity contribution in [1.82, 2.24) is 0 Å². The van der Waals surface area contributed by atoms with E-state index in [9.17, 15) is 13.2 Å². The Morgan fingerprint density at radius 3 is 2.00 bits per heavy atom. The van der Waals surface area contributed by atoms with Gasteiger partial charge in [0.05, 0.1) is 10.6 Å². The zero-order valence-electron chi connectivity index (χ0n) is 16.1. The van der Waals surface area contributed by atoms with E-state index in [1.807, 2.05) is 0 Å². The molecule has 0 aliphatic rings. The van der Waals surface area contributed by atoms with E-state index in [1.165, 1.54) is 42.5 Å². The van der Waals surface area contributed by atoms with Crippen LogP contribution in [0.1, 0.15) is 6.92 Å². The summed E-state index contributed by atoms with van der Waals surface area (Å²) in [4.78, 5) is 12.4. The van der Waals surface area contributed by atoms with Crippen LogP contribution in [0.3, 0.4) is 0 Å². The first-order valence-corrected chi connectivity index (χ1v) is 11.6. The van der Waals surface area contributed by atoms with Gasteiger partial charge in [-0.1, -0.05) is 34.8 Å². The van der Waals surface area contributed by atoms with Crippen molar-refractivity contribution in [2.75, 3.05) is 10.0 Å². The van der Waals surface area contributed by atoms with Crippen LogP contribution in [0.2, 0.25) is 15.1 Å². The Kier molecular flexibility index (Phi) is 7.33. The van der Waals surface area contributed by atoms with Gasteiger partial charge in [0.15, 0.2) is 6.10 Å². The third-order valence-corrected chi connectivity index (χ3v) is 6.13. The summed E-state index contributed by atoms with van der Waals surface area (Å²) in [7, 11) is -3.87.